The van der Waals surface area contributed by atoms with Gasteiger partial charge >= 0.3 is 0 Å². The van der Waals surface area contributed by atoms with Crippen molar-refractivity contribution in [2.75, 3.05) is 29.9 Å². The molecule has 3 heterocycles. The molecule has 0 bridgehead atoms. The third-order valence-electron chi connectivity index (χ3n) is 4.30. The molecule has 1 aliphatic heterocycles. The molecule has 6 nitrogen and oxygen atoms in total. The van der Waals surface area contributed by atoms with Gasteiger partial charge in [-0.15, -0.1) is 0 Å². The predicted octanol–water partition coefficient (Wildman–Crippen LogP) is 1.99. The van der Waals surface area contributed by atoms with Crippen LogP contribution in [-0.2, 0) is 13.2 Å². The van der Waals surface area contributed by atoms with Crippen molar-refractivity contribution in [2.24, 2.45) is 5.92 Å². The highest BCUT2D eigenvalue weighted by Gasteiger charge is 2.18. The zero-order valence-electron chi connectivity index (χ0n) is 13.1. The lowest BCUT2D eigenvalue weighted by Gasteiger charge is -2.32. The Hall–Kier alpha value is -2.05. The molecule has 23 heavy (non-hydrogen) atoms. The minimum Gasteiger partial charge on any atom is -0.462 e. The standard InChI is InChI=1S/C17H23N3O3/c21-11-13-5-7-20(8-6-13)14-1-4-17(18-9-14)19-10-15-2-3-16(12-22)23-15/h1-4,9,13,21-22H,5-8,10-12H2,(H,18,19). The van der Waals surface area contributed by atoms with Gasteiger partial charge in [0.25, 0.3) is 0 Å². The highest BCUT2D eigenvalue weighted by Crippen LogP contribution is 2.23. The van der Waals surface area contributed by atoms with Gasteiger partial charge in [-0.25, -0.2) is 4.98 Å². The monoisotopic (exact) mass is 317 g/mol. The van der Waals surface area contributed by atoms with Crippen LogP contribution in [-0.4, -0.2) is 34.9 Å². The SMILES string of the molecule is OCc1ccc(CNc2ccc(N3CCC(CO)CC3)cn2)o1. The molecule has 3 N–H and O–H groups in total. The van der Waals surface area contributed by atoms with E-state index in [4.69, 9.17) is 9.52 Å². The van der Waals surface area contributed by atoms with Crippen LogP contribution in [0.5, 0.6) is 0 Å². The molecule has 0 amide bonds. The zero-order valence-corrected chi connectivity index (χ0v) is 13.1. The molecule has 0 spiro atoms. The molecule has 0 aromatic carbocycles. The largest absolute Gasteiger partial charge is 0.462 e. The minimum absolute atomic E-state index is 0.0834. The van der Waals surface area contributed by atoms with E-state index in [9.17, 15) is 5.11 Å². The Morgan fingerprint density at radius 1 is 1.13 bits per heavy atom. The molecule has 1 fully saturated rings. The summed E-state index contributed by atoms with van der Waals surface area (Å²) in [7, 11) is 0. The Labute approximate surface area is 135 Å². The Morgan fingerprint density at radius 2 is 1.91 bits per heavy atom. The third-order valence-corrected chi connectivity index (χ3v) is 4.30. The number of hydrogen-bond donors (Lipinski definition) is 3. The van der Waals surface area contributed by atoms with Gasteiger partial charge in [-0.05, 0) is 43.0 Å². The van der Waals surface area contributed by atoms with Crippen molar-refractivity contribution in [3.05, 3.63) is 42.0 Å². The van der Waals surface area contributed by atoms with Crippen LogP contribution < -0.4 is 10.2 Å². The number of rotatable bonds is 6. The summed E-state index contributed by atoms with van der Waals surface area (Å²) in [5.41, 5.74) is 1.12. The molecule has 0 radical (unpaired) electrons. The summed E-state index contributed by atoms with van der Waals surface area (Å²) < 4.78 is 5.43. The molecule has 2 aromatic rings. The number of pyridine rings is 1. The Morgan fingerprint density at radius 3 is 2.52 bits per heavy atom. The molecule has 3 rings (SSSR count). The normalized spacial score (nSPS) is 15.8. The van der Waals surface area contributed by atoms with Gasteiger partial charge in [0.15, 0.2) is 0 Å². The summed E-state index contributed by atoms with van der Waals surface area (Å²) >= 11 is 0. The van der Waals surface area contributed by atoms with Crippen LogP contribution in [0.4, 0.5) is 11.5 Å². The second-order valence-corrected chi connectivity index (χ2v) is 5.89. The van der Waals surface area contributed by atoms with Gasteiger partial charge in [-0.3, -0.25) is 0 Å². The van der Waals surface area contributed by atoms with E-state index < -0.39 is 0 Å². The number of piperidine rings is 1. The molecule has 0 unspecified atom stereocenters. The highest BCUT2D eigenvalue weighted by atomic mass is 16.4. The van der Waals surface area contributed by atoms with Crippen molar-refractivity contribution in [1.82, 2.24) is 4.98 Å². The van der Waals surface area contributed by atoms with E-state index >= 15 is 0 Å². The summed E-state index contributed by atoms with van der Waals surface area (Å²) in [5.74, 6) is 2.57. The van der Waals surface area contributed by atoms with Gasteiger partial charge in [0, 0.05) is 19.7 Å². The van der Waals surface area contributed by atoms with Gasteiger partial charge in [0.1, 0.15) is 23.9 Å². The fourth-order valence-corrected chi connectivity index (χ4v) is 2.83. The molecule has 0 atom stereocenters. The highest BCUT2D eigenvalue weighted by molar-refractivity contribution is 5.49. The van der Waals surface area contributed by atoms with Crippen molar-refractivity contribution >= 4 is 11.5 Å². The second-order valence-electron chi connectivity index (χ2n) is 5.89. The van der Waals surface area contributed by atoms with Gasteiger partial charge in [0.2, 0.25) is 0 Å². The fourth-order valence-electron chi connectivity index (χ4n) is 2.83. The summed E-state index contributed by atoms with van der Waals surface area (Å²) in [6.45, 7) is 2.68. The maximum Gasteiger partial charge on any atom is 0.129 e. The van der Waals surface area contributed by atoms with E-state index in [0.717, 1.165) is 43.2 Å². The number of nitrogens with zero attached hydrogens (tertiary/aromatic N) is 2. The molecule has 0 aliphatic carbocycles. The van der Waals surface area contributed by atoms with Crippen molar-refractivity contribution in [1.29, 1.82) is 0 Å². The van der Waals surface area contributed by atoms with E-state index in [0.29, 0.717) is 24.8 Å². The minimum atomic E-state index is -0.0834. The number of nitrogens with one attached hydrogen (secondary N) is 1. The van der Waals surface area contributed by atoms with E-state index in [1.54, 1.807) is 6.07 Å². The van der Waals surface area contributed by atoms with Gasteiger partial charge in [-0.1, -0.05) is 0 Å². The van der Waals surface area contributed by atoms with Crippen LogP contribution >= 0.6 is 0 Å². The first-order chi connectivity index (χ1) is 11.3. The molecule has 1 aliphatic rings. The number of aromatic nitrogens is 1. The summed E-state index contributed by atoms with van der Waals surface area (Å²) in [5, 5.41) is 21.4. The van der Waals surface area contributed by atoms with Crippen LogP contribution in [0.25, 0.3) is 0 Å². The van der Waals surface area contributed by atoms with Crippen LogP contribution in [0.15, 0.2) is 34.9 Å². The van der Waals surface area contributed by atoms with E-state index in [-0.39, 0.29) is 6.61 Å². The first kappa shape index (κ1) is 15.8. The lowest BCUT2D eigenvalue weighted by molar-refractivity contribution is 0.203. The van der Waals surface area contributed by atoms with Gasteiger partial charge in [-0.2, -0.15) is 0 Å². The van der Waals surface area contributed by atoms with Crippen molar-refractivity contribution in [3.8, 4) is 0 Å². The summed E-state index contributed by atoms with van der Waals surface area (Å²) in [4.78, 5) is 6.75. The average Bonchev–Trinajstić information content (AvgIpc) is 3.09. The number of hydrogen-bond acceptors (Lipinski definition) is 6. The smallest absolute Gasteiger partial charge is 0.129 e. The van der Waals surface area contributed by atoms with Crippen LogP contribution in [0, 0.1) is 5.92 Å². The quantitative estimate of drug-likeness (QED) is 0.756. The maximum atomic E-state index is 9.19. The summed E-state index contributed by atoms with van der Waals surface area (Å²) in [6, 6.07) is 7.64. The molecule has 0 saturated carbocycles. The van der Waals surface area contributed by atoms with Crippen LogP contribution in [0.2, 0.25) is 0 Å². The lowest BCUT2D eigenvalue weighted by atomic mass is 9.98. The number of anilines is 2. The average molecular weight is 317 g/mol. The van der Waals surface area contributed by atoms with E-state index in [1.807, 2.05) is 18.3 Å². The number of aliphatic hydroxyl groups excluding tert-OH is 2. The first-order valence-electron chi connectivity index (χ1n) is 8.02. The van der Waals surface area contributed by atoms with Crippen molar-refractivity contribution in [2.45, 2.75) is 26.0 Å². The molecule has 124 valence electrons. The Kier molecular flexibility index (Phi) is 5.15. The van der Waals surface area contributed by atoms with Crippen LogP contribution in [0.3, 0.4) is 0 Å². The van der Waals surface area contributed by atoms with E-state index in [2.05, 4.69) is 21.3 Å². The van der Waals surface area contributed by atoms with E-state index in [1.165, 1.54) is 0 Å². The third kappa shape index (κ3) is 4.03. The predicted molar refractivity (Wildman–Crippen MR) is 88.2 cm³/mol. The Balaban J connectivity index is 1.52. The van der Waals surface area contributed by atoms with Crippen molar-refractivity contribution < 1.29 is 14.6 Å². The summed E-state index contributed by atoms with van der Waals surface area (Å²) in [6.07, 6.45) is 3.94. The lowest BCUT2D eigenvalue weighted by Crippen LogP contribution is -2.34. The molecular formula is C17H23N3O3. The Bertz CT molecular complexity index is 604. The van der Waals surface area contributed by atoms with Crippen LogP contribution in [0.1, 0.15) is 24.4 Å². The number of furan rings is 1. The molecular weight excluding hydrogens is 294 g/mol. The number of aliphatic hydroxyl groups is 2. The zero-order chi connectivity index (χ0) is 16.1. The first-order valence-corrected chi connectivity index (χ1v) is 8.02. The van der Waals surface area contributed by atoms with Gasteiger partial charge in [0.05, 0.1) is 18.4 Å². The second kappa shape index (κ2) is 7.48. The topological polar surface area (TPSA) is 81.8 Å². The molecule has 2 aromatic heterocycles. The molecule has 1 saturated heterocycles. The van der Waals surface area contributed by atoms with Crippen molar-refractivity contribution in [3.63, 3.8) is 0 Å². The maximum absolute atomic E-state index is 9.19. The molecule has 6 heteroatoms. The van der Waals surface area contributed by atoms with Gasteiger partial charge < -0.3 is 24.8 Å². The fraction of sp³-hybridized carbons (Fsp3) is 0.471.